The number of rotatable bonds is 7. The average molecular weight is 373 g/mol. The van der Waals surface area contributed by atoms with Crippen molar-refractivity contribution in [2.75, 3.05) is 32.9 Å². The molecule has 3 rings (SSSR count). The molecule has 3 N–H and O–H groups in total. The summed E-state index contributed by atoms with van der Waals surface area (Å²) in [5.41, 5.74) is 1.15. The van der Waals surface area contributed by atoms with Crippen LogP contribution in [-0.2, 0) is 10.5 Å². The third-order valence-electron chi connectivity index (χ3n) is 4.24. The van der Waals surface area contributed by atoms with Gasteiger partial charge in [-0.25, -0.2) is 4.98 Å². The predicted octanol–water partition coefficient (Wildman–Crippen LogP) is 1.45. The number of hydrogen-bond donors (Lipinski definition) is 3. The monoisotopic (exact) mass is 373 g/mol. The Labute approximate surface area is 157 Å². The van der Waals surface area contributed by atoms with Crippen molar-refractivity contribution in [2.24, 2.45) is 0 Å². The van der Waals surface area contributed by atoms with Gasteiger partial charge in [0.2, 0.25) is 0 Å². The molecule has 2 heterocycles. The quantitative estimate of drug-likeness (QED) is 0.638. The molecule has 1 aliphatic heterocycles. The van der Waals surface area contributed by atoms with E-state index in [4.69, 9.17) is 4.74 Å². The fraction of sp³-hybridized carbons (Fsp3) is 0.368. The number of aliphatic hydroxyl groups excluding tert-OH is 1. The lowest BCUT2D eigenvalue weighted by molar-refractivity contribution is 0.0000325. The fourth-order valence-electron chi connectivity index (χ4n) is 2.69. The lowest BCUT2D eigenvalue weighted by Crippen LogP contribution is -2.62. The van der Waals surface area contributed by atoms with Gasteiger partial charge in [-0.3, -0.25) is 4.79 Å². The van der Waals surface area contributed by atoms with Crippen LogP contribution >= 0.6 is 11.8 Å². The van der Waals surface area contributed by atoms with Crippen LogP contribution in [0.5, 0.6) is 0 Å². The van der Waals surface area contributed by atoms with Crippen LogP contribution < -0.4 is 10.6 Å². The number of nitrogens with zero attached hydrogens (tertiary/aromatic N) is 1. The molecule has 0 bridgehead atoms. The van der Waals surface area contributed by atoms with Crippen LogP contribution in [0.2, 0.25) is 0 Å². The summed E-state index contributed by atoms with van der Waals surface area (Å²) in [5.74, 6) is 0.613. The summed E-state index contributed by atoms with van der Waals surface area (Å²) in [4.78, 5) is 16.8. The Balaban J connectivity index is 1.57. The van der Waals surface area contributed by atoms with E-state index in [1.807, 2.05) is 18.2 Å². The molecule has 1 atom stereocenters. The first-order chi connectivity index (χ1) is 12.7. The second-order valence-electron chi connectivity index (χ2n) is 6.26. The second kappa shape index (κ2) is 9.14. The summed E-state index contributed by atoms with van der Waals surface area (Å²) >= 11 is 1.59. The number of ether oxygens (including phenoxy) is 1. The summed E-state index contributed by atoms with van der Waals surface area (Å²) in [5, 5.41) is 16.6. The maximum Gasteiger partial charge on any atom is 0.251 e. The largest absolute Gasteiger partial charge is 0.394 e. The second-order valence-corrected chi connectivity index (χ2v) is 7.25. The third-order valence-corrected chi connectivity index (χ3v) is 5.24. The molecule has 0 saturated carbocycles. The van der Waals surface area contributed by atoms with Gasteiger partial charge >= 0.3 is 0 Å². The number of benzene rings is 1. The highest BCUT2D eigenvalue weighted by atomic mass is 32.2. The van der Waals surface area contributed by atoms with Crippen molar-refractivity contribution in [1.29, 1.82) is 0 Å². The molecule has 1 aromatic carbocycles. The van der Waals surface area contributed by atoms with E-state index in [0.29, 0.717) is 31.9 Å². The van der Waals surface area contributed by atoms with Gasteiger partial charge < -0.3 is 20.5 Å². The standard InChI is InChI=1S/C19H23N3O3S/c23-13-19(14-25-9-8-22-19)12-21-18(24)16-6-7-20-17(10-16)26-11-15-4-2-1-3-5-15/h1-7,10,22-23H,8-9,11-14H2,(H,21,24). The van der Waals surface area contributed by atoms with Crippen molar-refractivity contribution in [3.8, 4) is 0 Å². The van der Waals surface area contributed by atoms with Gasteiger partial charge in [-0.1, -0.05) is 30.3 Å². The van der Waals surface area contributed by atoms with Crippen molar-refractivity contribution in [3.05, 3.63) is 59.8 Å². The molecule has 7 heteroatoms. The van der Waals surface area contributed by atoms with Gasteiger partial charge in [0.25, 0.3) is 5.91 Å². The Morgan fingerprint density at radius 3 is 2.92 bits per heavy atom. The number of nitrogens with one attached hydrogen (secondary N) is 2. The highest BCUT2D eigenvalue weighted by Gasteiger charge is 2.32. The number of thioether (sulfide) groups is 1. The molecule has 1 unspecified atom stereocenters. The molecule has 1 saturated heterocycles. The zero-order chi connectivity index (χ0) is 18.2. The summed E-state index contributed by atoms with van der Waals surface area (Å²) in [6.45, 7) is 1.85. The highest BCUT2D eigenvalue weighted by molar-refractivity contribution is 7.98. The van der Waals surface area contributed by atoms with E-state index in [0.717, 1.165) is 10.8 Å². The summed E-state index contributed by atoms with van der Waals surface area (Å²) < 4.78 is 5.42. The van der Waals surface area contributed by atoms with E-state index < -0.39 is 5.54 Å². The van der Waals surface area contributed by atoms with Gasteiger partial charge in [0.15, 0.2) is 0 Å². The van der Waals surface area contributed by atoms with Crippen molar-refractivity contribution < 1.29 is 14.6 Å². The number of carbonyl (C=O) groups excluding carboxylic acids is 1. The number of aromatic nitrogens is 1. The topological polar surface area (TPSA) is 83.5 Å². The highest BCUT2D eigenvalue weighted by Crippen LogP contribution is 2.21. The van der Waals surface area contributed by atoms with Gasteiger partial charge in [0.1, 0.15) is 0 Å². The summed E-state index contributed by atoms with van der Waals surface area (Å²) in [6.07, 6.45) is 1.64. The van der Waals surface area contributed by atoms with Crippen LogP contribution in [-0.4, -0.2) is 54.4 Å². The molecule has 0 spiro atoms. The predicted molar refractivity (Wildman–Crippen MR) is 101 cm³/mol. The Hall–Kier alpha value is -1.93. The smallest absolute Gasteiger partial charge is 0.251 e. The number of morpholine rings is 1. The lowest BCUT2D eigenvalue weighted by atomic mass is 10.0. The minimum absolute atomic E-state index is 0.0954. The zero-order valence-electron chi connectivity index (χ0n) is 14.5. The van der Waals surface area contributed by atoms with E-state index in [9.17, 15) is 9.90 Å². The average Bonchev–Trinajstić information content (AvgIpc) is 2.72. The van der Waals surface area contributed by atoms with E-state index in [1.165, 1.54) is 5.56 Å². The number of pyridine rings is 1. The maximum absolute atomic E-state index is 12.5. The van der Waals surface area contributed by atoms with Gasteiger partial charge in [-0.15, -0.1) is 11.8 Å². The van der Waals surface area contributed by atoms with Crippen LogP contribution in [0.1, 0.15) is 15.9 Å². The van der Waals surface area contributed by atoms with Gasteiger partial charge in [-0.05, 0) is 17.7 Å². The zero-order valence-corrected chi connectivity index (χ0v) is 15.3. The first kappa shape index (κ1) is 18.8. The molecule has 1 fully saturated rings. The number of hydrogen-bond acceptors (Lipinski definition) is 6. The Kier molecular flexibility index (Phi) is 6.62. The summed E-state index contributed by atoms with van der Waals surface area (Å²) in [7, 11) is 0. The molecule has 6 nitrogen and oxygen atoms in total. The maximum atomic E-state index is 12.5. The van der Waals surface area contributed by atoms with Gasteiger partial charge in [0, 0.05) is 30.6 Å². The molecule has 26 heavy (non-hydrogen) atoms. The minimum Gasteiger partial charge on any atom is -0.394 e. The SMILES string of the molecule is O=C(NCC1(CO)COCCN1)c1ccnc(SCc2ccccc2)c1. The van der Waals surface area contributed by atoms with Crippen molar-refractivity contribution >= 4 is 17.7 Å². The van der Waals surface area contributed by atoms with E-state index in [1.54, 1.807) is 30.1 Å². The number of amides is 1. The van der Waals surface area contributed by atoms with Crippen LogP contribution in [0.3, 0.4) is 0 Å². The molecule has 1 amide bonds. The van der Waals surface area contributed by atoms with E-state index in [-0.39, 0.29) is 12.5 Å². The summed E-state index contributed by atoms with van der Waals surface area (Å²) in [6, 6.07) is 13.6. The molecule has 138 valence electrons. The molecule has 0 aliphatic carbocycles. The Bertz CT molecular complexity index is 721. The fourth-order valence-corrected chi connectivity index (χ4v) is 3.54. The molecular formula is C19H23N3O3S. The van der Waals surface area contributed by atoms with Crippen molar-refractivity contribution in [2.45, 2.75) is 16.3 Å². The molecule has 0 radical (unpaired) electrons. The van der Waals surface area contributed by atoms with Crippen molar-refractivity contribution in [1.82, 2.24) is 15.6 Å². The van der Waals surface area contributed by atoms with E-state index in [2.05, 4.69) is 27.8 Å². The lowest BCUT2D eigenvalue weighted by Gasteiger charge is -2.36. The normalized spacial score (nSPS) is 19.9. The van der Waals surface area contributed by atoms with E-state index >= 15 is 0 Å². The Morgan fingerprint density at radius 1 is 1.35 bits per heavy atom. The molecule has 1 aliphatic rings. The molecular weight excluding hydrogens is 350 g/mol. The Morgan fingerprint density at radius 2 is 2.19 bits per heavy atom. The molecule has 2 aromatic rings. The number of carbonyl (C=O) groups is 1. The van der Waals surface area contributed by atoms with Gasteiger partial charge in [0.05, 0.1) is 30.4 Å². The first-order valence-corrected chi connectivity index (χ1v) is 9.54. The minimum atomic E-state index is -0.619. The third kappa shape index (κ3) is 5.04. The number of aliphatic hydroxyl groups is 1. The van der Waals surface area contributed by atoms with Crippen LogP contribution in [0.25, 0.3) is 0 Å². The van der Waals surface area contributed by atoms with Crippen LogP contribution in [0.4, 0.5) is 0 Å². The molecule has 1 aromatic heterocycles. The van der Waals surface area contributed by atoms with Crippen molar-refractivity contribution in [3.63, 3.8) is 0 Å². The van der Waals surface area contributed by atoms with Gasteiger partial charge in [-0.2, -0.15) is 0 Å². The van der Waals surface area contributed by atoms with Crippen LogP contribution in [0.15, 0.2) is 53.7 Å². The van der Waals surface area contributed by atoms with Crippen LogP contribution in [0, 0.1) is 0 Å². The first-order valence-electron chi connectivity index (χ1n) is 8.55.